The number of para-hydroxylation sites is 1. The molecule has 22 heavy (non-hydrogen) atoms. The predicted molar refractivity (Wildman–Crippen MR) is 92.9 cm³/mol. The van der Waals surface area contributed by atoms with Crippen molar-refractivity contribution in [1.29, 1.82) is 0 Å². The summed E-state index contributed by atoms with van der Waals surface area (Å²) in [6.45, 7) is 6.85. The van der Waals surface area contributed by atoms with Gasteiger partial charge in [0, 0.05) is 11.6 Å². The first-order chi connectivity index (χ1) is 10.6. The van der Waals surface area contributed by atoms with Gasteiger partial charge in [0.15, 0.2) is 0 Å². The topological polar surface area (TPSA) is 20.3 Å². The summed E-state index contributed by atoms with van der Waals surface area (Å²) in [6, 6.07) is 18.3. The van der Waals surface area contributed by atoms with Gasteiger partial charge < -0.3 is 4.90 Å². The van der Waals surface area contributed by atoms with Crippen LogP contribution in [0.15, 0.2) is 54.6 Å². The van der Waals surface area contributed by atoms with Crippen molar-refractivity contribution in [3.63, 3.8) is 0 Å². The van der Waals surface area contributed by atoms with Crippen LogP contribution in [-0.4, -0.2) is 5.91 Å². The van der Waals surface area contributed by atoms with Crippen molar-refractivity contribution in [2.75, 3.05) is 4.90 Å². The maximum Gasteiger partial charge on any atom is 0.230 e. The van der Waals surface area contributed by atoms with Crippen LogP contribution >= 0.6 is 0 Å². The normalized spacial score (nSPS) is 12.0. The van der Waals surface area contributed by atoms with Crippen molar-refractivity contribution in [1.82, 2.24) is 0 Å². The van der Waals surface area contributed by atoms with Crippen LogP contribution in [0.5, 0.6) is 0 Å². The molecule has 0 bridgehead atoms. The Morgan fingerprint density at radius 3 is 2.27 bits per heavy atom. The molecule has 0 radical (unpaired) electrons. The third-order valence-electron chi connectivity index (χ3n) is 3.94. The fourth-order valence-electron chi connectivity index (χ4n) is 2.60. The SMILES string of the molecule is CCCC(C)C(=O)N(Cc1ccc(C)cc1)c1ccccc1. The predicted octanol–water partition coefficient (Wildman–Crippen LogP) is 4.96. The lowest BCUT2D eigenvalue weighted by Crippen LogP contribution is -2.34. The van der Waals surface area contributed by atoms with E-state index in [-0.39, 0.29) is 11.8 Å². The maximum atomic E-state index is 12.8. The summed E-state index contributed by atoms with van der Waals surface area (Å²) < 4.78 is 0. The summed E-state index contributed by atoms with van der Waals surface area (Å²) in [5, 5.41) is 0. The summed E-state index contributed by atoms with van der Waals surface area (Å²) in [6.07, 6.45) is 1.95. The van der Waals surface area contributed by atoms with E-state index in [4.69, 9.17) is 0 Å². The monoisotopic (exact) mass is 295 g/mol. The maximum absolute atomic E-state index is 12.8. The van der Waals surface area contributed by atoms with Crippen LogP contribution in [0.4, 0.5) is 5.69 Å². The highest BCUT2D eigenvalue weighted by Crippen LogP contribution is 2.21. The van der Waals surface area contributed by atoms with Gasteiger partial charge >= 0.3 is 0 Å². The third kappa shape index (κ3) is 4.20. The van der Waals surface area contributed by atoms with Gasteiger partial charge in [0.2, 0.25) is 5.91 Å². The van der Waals surface area contributed by atoms with Gasteiger partial charge in [-0.1, -0.05) is 68.3 Å². The molecule has 1 unspecified atom stereocenters. The molecule has 2 heteroatoms. The number of hydrogen-bond acceptors (Lipinski definition) is 1. The molecule has 116 valence electrons. The largest absolute Gasteiger partial charge is 0.308 e. The van der Waals surface area contributed by atoms with Gasteiger partial charge in [-0.05, 0) is 31.0 Å². The molecule has 0 aliphatic heterocycles. The van der Waals surface area contributed by atoms with E-state index < -0.39 is 0 Å². The van der Waals surface area contributed by atoms with E-state index in [0.717, 1.165) is 24.1 Å². The first kappa shape index (κ1) is 16.3. The Balaban J connectivity index is 2.25. The van der Waals surface area contributed by atoms with Crippen molar-refractivity contribution in [2.24, 2.45) is 5.92 Å². The average molecular weight is 295 g/mol. The van der Waals surface area contributed by atoms with Gasteiger partial charge in [-0.15, -0.1) is 0 Å². The standard InChI is InChI=1S/C20H25NO/c1-4-8-17(3)20(22)21(19-9-6-5-7-10-19)15-18-13-11-16(2)12-14-18/h5-7,9-14,17H,4,8,15H2,1-3H3. The van der Waals surface area contributed by atoms with E-state index in [2.05, 4.69) is 38.1 Å². The lowest BCUT2D eigenvalue weighted by molar-refractivity contribution is -0.122. The molecular formula is C20H25NO. The molecule has 2 nitrogen and oxygen atoms in total. The lowest BCUT2D eigenvalue weighted by Gasteiger charge is -2.26. The van der Waals surface area contributed by atoms with Crippen LogP contribution in [0.25, 0.3) is 0 Å². The first-order valence-corrected chi connectivity index (χ1v) is 8.03. The van der Waals surface area contributed by atoms with Crippen molar-refractivity contribution in [3.8, 4) is 0 Å². The molecular weight excluding hydrogens is 270 g/mol. The van der Waals surface area contributed by atoms with Crippen molar-refractivity contribution >= 4 is 11.6 Å². The molecule has 0 aliphatic rings. The van der Waals surface area contributed by atoms with E-state index in [1.165, 1.54) is 5.56 Å². The molecule has 2 rings (SSSR count). The van der Waals surface area contributed by atoms with Crippen molar-refractivity contribution < 1.29 is 4.79 Å². The summed E-state index contributed by atoms with van der Waals surface area (Å²) >= 11 is 0. The molecule has 0 aromatic heterocycles. The van der Waals surface area contributed by atoms with Crippen LogP contribution in [0.1, 0.15) is 37.8 Å². The highest BCUT2D eigenvalue weighted by atomic mass is 16.2. The Bertz CT molecular complexity index is 589. The second kappa shape index (κ2) is 7.79. The minimum atomic E-state index is 0.0515. The summed E-state index contributed by atoms with van der Waals surface area (Å²) in [4.78, 5) is 14.7. The van der Waals surface area contributed by atoms with Gasteiger partial charge in [-0.25, -0.2) is 0 Å². The quantitative estimate of drug-likeness (QED) is 0.737. The van der Waals surface area contributed by atoms with Crippen molar-refractivity contribution in [3.05, 3.63) is 65.7 Å². The Morgan fingerprint density at radius 2 is 1.68 bits per heavy atom. The molecule has 0 saturated carbocycles. The van der Waals surface area contributed by atoms with E-state index in [1.807, 2.05) is 42.2 Å². The Morgan fingerprint density at radius 1 is 1.05 bits per heavy atom. The minimum absolute atomic E-state index is 0.0515. The Labute approximate surface area is 133 Å². The second-order valence-corrected chi connectivity index (χ2v) is 5.94. The number of rotatable bonds is 6. The van der Waals surface area contributed by atoms with Crippen LogP contribution in [-0.2, 0) is 11.3 Å². The fraction of sp³-hybridized carbons (Fsp3) is 0.350. The summed E-state index contributed by atoms with van der Waals surface area (Å²) in [5.41, 5.74) is 3.36. The lowest BCUT2D eigenvalue weighted by atomic mass is 10.0. The molecule has 0 fully saturated rings. The number of benzene rings is 2. The van der Waals surface area contributed by atoms with Gasteiger partial charge in [0.05, 0.1) is 6.54 Å². The van der Waals surface area contributed by atoms with E-state index in [9.17, 15) is 4.79 Å². The zero-order valence-corrected chi connectivity index (χ0v) is 13.8. The van der Waals surface area contributed by atoms with Crippen LogP contribution in [0.2, 0.25) is 0 Å². The molecule has 2 aromatic carbocycles. The molecule has 0 heterocycles. The fourth-order valence-corrected chi connectivity index (χ4v) is 2.60. The van der Waals surface area contributed by atoms with Crippen molar-refractivity contribution in [2.45, 2.75) is 40.2 Å². The molecule has 1 atom stereocenters. The number of aryl methyl sites for hydroxylation is 1. The minimum Gasteiger partial charge on any atom is -0.308 e. The zero-order valence-electron chi connectivity index (χ0n) is 13.8. The number of carbonyl (C=O) groups is 1. The van der Waals surface area contributed by atoms with Gasteiger partial charge in [-0.2, -0.15) is 0 Å². The molecule has 0 aliphatic carbocycles. The van der Waals surface area contributed by atoms with Crippen LogP contribution in [0, 0.1) is 12.8 Å². The number of amides is 1. The number of anilines is 1. The summed E-state index contributed by atoms with van der Waals surface area (Å²) in [7, 11) is 0. The summed E-state index contributed by atoms with van der Waals surface area (Å²) in [5.74, 6) is 0.254. The number of hydrogen-bond donors (Lipinski definition) is 0. The molecule has 0 N–H and O–H groups in total. The van der Waals surface area contributed by atoms with E-state index in [1.54, 1.807) is 0 Å². The number of nitrogens with zero attached hydrogens (tertiary/aromatic N) is 1. The second-order valence-electron chi connectivity index (χ2n) is 5.94. The van der Waals surface area contributed by atoms with Gasteiger partial charge in [-0.3, -0.25) is 4.79 Å². The zero-order chi connectivity index (χ0) is 15.9. The Kier molecular flexibility index (Phi) is 5.76. The smallest absolute Gasteiger partial charge is 0.230 e. The number of carbonyl (C=O) groups excluding carboxylic acids is 1. The first-order valence-electron chi connectivity index (χ1n) is 8.03. The molecule has 0 spiro atoms. The van der Waals surface area contributed by atoms with Crippen LogP contribution < -0.4 is 4.90 Å². The molecule has 1 amide bonds. The van der Waals surface area contributed by atoms with Crippen LogP contribution in [0.3, 0.4) is 0 Å². The van der Waals surface area contributed by atoms with Gasteiger partial charge in [0.25, 0.3) is 0 Å². The van der Waals surface area contributed by atoms with Gasteiger partial charge in [0.1, 0.15) is 0 Å². The van der Waals surface area contributed by atoms with E-state index >= 15 is 0 Å². The molecule has 0 saturated heterocycles. The Hall–Kier alpha value is -2.09. The third-order valence-corrected chi connectivity index (χ3v) is 3.94. The van der Waals surface area contributed by atoms with E-state index in [0.29, 0.717) is 6.54 Å². The average Bonchev–Trinajstić information content (AvgIpc) is 2.55. The highest BCUT2D eigenvalue weighted by molar-refractivity contribution is 5.94. The highest BCUT2D eigenvalue weighted by Gasteiger charge is 2.21. The molecule has 2 aromatic rings.